The normalized spacial score (nSPS) is 25.0. The van der Waals surface area contributed by atoms with Crippen LogP contribution in [0.25, 0.3) is 0 Å². The number of aliphatic hydroxyl groups is 1. The number of esters is 4. The molecule has 0 saturated carbocycles. The Kier molecular flexibility index (Phi) is 8.94. The summed E-state index contributed by atoms with van der Waals surface area (Å²) in [6, 6.07) is 0. The van der Waals surface area contributed by atoms with Crippen LogP contribution in [0.15, 0.2) is 24.0 Å². The standard InChI is InChI=1S/C20H25NO12/c1-10(22)31-16-14(9-30-15(25)7-13(24)20(28)29-3)33-18(17(16)32-11(2)23)21-6-4-5-12(8-21)19(26)27/h4,6,8,13-14,16-18,24H,5,7,9H2,1-3H3,(H,26,27)/t13-,14+,16+,17+,18+/m0/s1. The molecule has 13 nitrogen and oxygen atoms in total. The summed E-state index contributed by atoms with van der Waals surface area (Å²) in [6.07, 6.45) is -2.50. The first-order valence-electron chi connectivity index (χ1n) is 9.83. The molecule has 1 fully saturated rings. The summed E-state index contributed by atoms with van der Waals surface area (Å²) in [4.78, 5) is 59.3. The summed E-state index contributed by atoms with van der Waals surface area (Å²) in [6.45, 7) is 1.77. The van der Waals surface area contributed by atoms with Gasteiger partial charge in [-0.05, 0) is 0 Å². The van der Waals surface area contributed by atoms with Gasteiger partial charge in [0.1, 0.15) is 12.7 Å². The molecular weight excluding hydrogens is 446 g/mol. The quantitative estimate of drug-likeness (QED) is 0.317. The summed E-state index contributed by atoms with van der Waals surface area (Å²) >= 11 is 0. The first kappa shape index (κ1) is 25.8. The van der Waals surface area contributed by atoms with Crippen LogP contribution in [0.5, 0.6) is 0 Å². The average molecular weight is 471 g/mol. The zero-order valence-electron chi connectivity index (χ0n) is 18.2. The summed E-state index contributed by atoms with van der Waals surface area (Å²) < 4.78 is 25.8. The number of allylic oxidation sites excluding steroid dienone is 1. The zero-order chi connectivity index (χ0) is 24.7. The van der Waals surface area contributed by atoms with E-state index in [1.807, 2.05) is 0 Å². The van der Waals surface area contributed by atoms with E-state index in [1.165, 1.54) is 17.3 Å². The monoisotopic (exact) mass is 471 g/mol. The highest BCUT2D eigenvalue weighted by Gasteiger charge is 2.51. The van der Waals surface area contributed by atoms with Gasteiger partial charge in [-0.15, -0.1) is 0 Å². The van der Waals surface area contributed by atoms with Crippen LogP contribution in [0.4, 0.5) is 0 Å². The summed E-state index contributed by atoms with van der Waals surface area (Å²) in [5.41, 5.74) is 0.0402. The summed E-state index contributed by atoms with van der Waals surface area (Å²) in [7, 11) is 1.04. The fourth-order valence-corrected chi connectivity index (χ4v) is 3.22. The number of carboxylic acid groups (broad SMARTS) is 1. The molecule has 0 spiro atoms. The number of ether oxygens (including phenoxy) is 5. The number of rotatable bonds is 9. The first-order chi connectivity index (χ1) is 15.5. The highest BCUT2D eigenvalue weighted by Crippen LogP contribution is 2.32. The van der Waals surface area contributed by atoms with Gasteiger partial charge in [0.15, 0.2) is 24.5 Å². The molecule has 0 amide bonds. The largest absolute Gasteiger partial charge is 0.478 e. The molecule has 5 atom stereocenters. The van der Waals surface area contributed by atoms with Gasteiger partial charge >= 0.3 is 29.8 Å². The Morgan fingerprint density at radius 3 is 2.36 bits per heavy atom. The van der Waals surface area contributed by atoms with E-state index in [0.29, 0.717) is 0 Å². The molecule has 0 aliphatic carbocycles. The maximum absolute atomic E-state index is 12.0. The SMILES string of the molecule is COC(=O)[C@@H](O)CC(=O)OC[C@H]1O[C@@H](N2C=CCC(C(=O)O)=C2)[C@H](OC(C)=O)[C@@H]1OC(C)=O. The molecule has 13 heteroatoms. The Balaban J connectivity index is 2.21. The second kappa shape index (κ2) is 11.4. The molecule has 0 bridgehead atoms. The van der Waals surface area contributed by atoms with Crippen LogP contribution in [-0.4, -0.2) is 89.3 Å². The minimum absolute atomic E-state index is 0.0402. The van der Waals surface area contributed by atoms with Crippen LogP contribution in [-0.2, 0) is 47.7 Å². The third kappa shape index (κ3) is 7.02. The van der Waals surface area contributed by atoms with E-state index in [2.05, 4.69) is 4.74 Å². The van der Waals surface area contributed by atoms with Crippen molar-refractivity contribution in [3.05, 3.63) is 24.0 Å². The van der Waals surface area contributed by atoms with Crippen molar-refractivity contribution >= 4 is 29.8 Å². The van der Waals surface area contributed by atoms with Gasteiger partial charge in [-0.1, -0.05) is 6.08 Å². The van der Waals surface area contributed by atoms with Gasteiger partial charge in [0, 0.05) is 32.7 Å². The molecule has 0 aromatic heterocycles. The first-order valence-corrected chi connectivity index (χ1v) is 9.83. The Hall–Kier alpha value is -3.45. The topological polar surface area (TPSA) is 175 Å². The van der Waals surface area contributed by atoms with Crippen molar-refractivity contribution in [3.63, 3.8) is 0 Å². The van der Waals surface area contributed by atoms with Gasteiger partial charge in [0.25, 0.3) is 0 Å². The van der Waals surface area contributed by atoms with Crippen LogP contribution in [0.2, 0.25) is 0 Å². The number of methoxy groups -OCH3 is 1. The molecule has 33 heavy (non-hydrogen) atoms. The van der Waals surface area contributed by atoms with Gasteiger partial charge in [-0.3, -0.25) is 14.4 Å². The number of carbonyl (C=O) groups is 5. The van der Waals surface area contributed by atoms with E-state index < -0.39 is 73.5 Å². The minimum atomic E-state index is -1.73. The van der Waals surface area contributed by atoms with Crippen LogP contribution < -0.4 is 0 Å². The Morgan fingerprint density at radius 2 is 1.79 bits per heavy atom. The lowest BCUT2D eigenvalue weighted by molar-refractivity contribution is -0.167. The number of aliphatic carboxylic acids is 1. The Labute approximate surface area is 188 Å². The Bertz CT molecular complexity index is 850. The molecule has 0 aromatic carbocycles. The lowest BCUT2D eigenvalue weighted by Gasteiger charge is -2.30. The van der Waals surface area contributed by atoms with Crippen molar-refractivity contribution in [2.75, 3.05) is 13.7 Å². The second-order valence-electron chi connectivity index (χ2n) is 7.13. The molecule has 182 valence electrons. The number of carboxylic acids is 1. The van der Waals surface area contributed by atoms with Crippen LogP contribution >= 0.6 is 0 Å². The van der Waals surface area contributed by atoms with Gasteiger partial charge in [-0.2, -0.15) is 0 Å². The van der Waals surface area contributed by atoms with E-state index in [0.717, 1.165) is 21.0 Å². The molecule has 2 rings (SSSR count). The van der Waals surface area contributed by atoms with E-state index in [-0.39, 0.29) is 12.0 Å². The molecule has 2 N–H and O–H groups in total. The third-order valence-corrected chi connectivity index (χ3v) is 4.62. The molecule has 1 saturated heterocycles. The van der Waals surface area contributed by atoms with Crippen LogP contribution in [0, 0.1) is 0 Å². The van der Waals surface area contributed by atoms with E-state index in [9.17, 15) is 34.2 Å². The minimum Gasteiger partial charge on any atom is -0.478 e. The van der Waals surface area contributed by atoms with Crippen molar-refractivity contribution in [1.29, 1.82) is 0 Å². The van der Waals surface area contributed by atoms with Crippen LogP contribution in [0.3, 0.4) is 0 Å². The van der Waals surface area contributed by atoms with E-state index in [4.69, 9.17) is 18.9 Å². The van der Waals surface area contributed by atoms with E-state index >= 15 is 0 Å². The van der Waals surface area contributed by atoms with Crippen molar-refractivity contribution in [2.45, 2.75) is 57.3 Å². The van der Waals surface area contributed by atoms with Gasteiger partial charge < -0.3 is 38.8 Å². The lowest BCUT2D eigenvalue weighted by atomic mass is 10.1. The molecule has 0 radical (unpaired) electrons. The second-order valence-corrected chi connectivity index (χ2v) is 7.13. The maximum Gasteiger partial charge on any atom is 0.335 e. The zero-order valence-corrected chi connectivity index (χ0v) is 18.2. The number of aliphatic hydroxyl groups excluding tert-OH is 1. The van der Waals surface area contributed by atoms with Crippen molar-refractivity contribution in [2.24, 2.45) is 0 Å². The number of nitrogens with zero attached hydrogens (tertiary/aromatic N) is 1. The fourth-order valence-electron chi connectivity index (χ4n) is 3.22. The highest BCUT2D eigenvalue weighted by atomic mass is 16.7. The molecule has 2 aliphatic heterocycles. The predicted molar refractivity (Wildman–Crippen MR) is 105 cm³/mol. The smallest absolute Gasteiger partial charge is 0.335 e. The number of hydrogen-bond donors (Lipinski definition) is 2. The van der Waals surface area contributed by atoms with Crippen LogP contribution in [0.1, 0.15) is 26.7 Å². The third-order valence-electron chi connectivity index (χ3n) is 4.62. The molecule has 0 unspecified atom stereocenters. The fraction of sp³-hybridized carbons (Fsp3) is 0.550. The molecule has 2 heterocycles. The maximum atomic E-state index is 12.0. The van der Waals surface area contributed by atoms with Gasteiger partial charge in [0.2, 0.25) is 0 Å². The summed E-state index contributed by atoms with van der Waals surface area (Å²) in [5, 5.41) is 18.8. The number of hydrogen-bond acceptors (Lipinski definition) is 12. The molecular formula is C20H25NO12. The average Bonchev–Trinajstić information content (AvgIpc) is 3.07. The van der Waals surface area contributed by atoms with Crippen molar-refractivity contribution in [3.8, 4) is 0 Å². The van der Waals surface area contributed by atoms with Gasteiger partial charge in [0.05, 0.1) is 19.1 Å². The molecule has 2 aliphatic rings. The number of carbonyl (C=O) groups excluding carboxylic acids is 4. The highest BCUT2D eigenvalue weighted by molar-refractivity contribution is 5.87. The van der Waals surface area contributed by atoms with Gasteiger partial charge in [-0.25, -0.2) is 9.59 Å². The predicted octanol–water partition coefficient (Wildman–Crippen LogP) is -0.770. The van der Waals surface area contributed by atoms with Crippen molar-refractivity contribution < 1.29 is 57.9 Å². The molecule has 0 aromatic rings. The summed E-state index contributed by atoms with van der Waals surface area (Å²) in [5.74, 6) is -4.58. The Morgan fingerprint density at radius 1 is 1.15 bits per heavy atom. The van der Waals surface area contributed by atoms with E-state index in [1.54, 1.807) is 6.08 Å². The lowest BCUT2D eigenvalue weighted by Crippen LogP contribution is -2.44. The van der Waals surface area contributed by atoms with Crippen molar-refractivity contribution in [1.82, 2.24) is 4.90 Å².